The van der Waals surface area contributed by atoms with E-state index in [0.29, 0.717) is 6.61 Å². The Morgan fingerprint density at radius 2 is 2.18 bits per heavy atom. The van der Waals surface area contributed by atoms with Crippen LogP contribution in [0.3, 0.4) is 0 Å². The van der Waals surface area contributed by atoms with Crippen LogP contribution in [0.2, 0.25) is 0 Å². The predicted molar refractivity (Wildman–Crippen MR) is 40.0 cm³/mol. The maximum Gasteiger partial charge on any atom is 0.335 e. The fourth-order valence-electron chi connectivity index (χ4n) is 1.46. The van der Waals surface area contributed by atoms with E-state index in [1.807, 2.05) is 13.8 Å². The molecule has 1 N–H and O–H groups in total. The highest BCUT2D eigenvalue weighted by molar-refractivity contribution is 5.77. The highest BCUT2D eigenvalue weighted by Crippen LogP contribution is 2.36. The standard InChI is InChI=1S/C8H14O3/c1-3-8(4-2)5-11-7(10)6(8)9/h6,9H,3-5H2,1-2H3/t6-/m0/s1. The van der Waals surface area contributed by atoms with E-state index >= 15 is 0 Å². The molecule has 0 saturated carbocycles. The van der Waals surface area contributed by atoms with Crippen LogP contribution >= 0.6 is 0 Å². The molecule has 0 aromatic rings. The number of ether oxygens (including phenoxy) is 1. The van der Waals surface area contributed by atoms with Crippen molar-refractivity contribution in [3.63, 3.8) is 0 Å². The summed E-state index contributed by atoms with van der Waals surface area (Å²) in [6, 6.07) is 0. The smallest absolute Gasteiger partial charge is 0.335 e. The molecular weight excluding hydrogens is 144 g/mol. The summed E-state index contributed by atoms with van der Waals surface area (Å²) >= 11 is 0. The van der Waals surface area contributed by atoms with E-state index in [9.17, 15) is 9.90 Å². The van der Waals surface area contributed by atoms with Gasteiger partial charge in [0.1, 0.15) is 6.61 Å². The van der Waals surface area contributed by atoms with E-state index in [1.54, 1.807) is 0 Å². The molecule has 0 unspecified atom stereocenters. The Labute approximate surface area is 66.4 Å². The van der Waals surface area contributed by atoms with Crippen LogP contribution in [0.4, 0.5) is 0 Å². The summed E-state index contributed by atoms with van der Waals surface area (Å²) in [5.74, 6) is -0.464. The fourth-order valence-corrected chi connectivity index (χ4v) is 1.46. The van der Waals surface area contributed by atoms with Crippen LogP contribution in [0.25, 0.3) is 0 Å². The highest BCUT2D eigenvalue weighted by atomic mass is 16.6. The molecule has 0 aromatic carbocycles. The molecule has 0 radical (unpaired) electrons. The zero-order valence-corrected chi connectivity index (χ0v) is 6.96. The van der Waals surface area contributed by atoms with Gasteiger partial charge in [-0.25, -0.2) is 4.79 Å². The minimum atomic E-state index is -0.905. The summed E-state index contributed by atoms with van der Waals surface area (Å²) in [6.07, 6.45) is 0.671. The second kappa shape index (κ2) is 2.81. The van der Waals surface area contributed by atoms with Gasteiger partial charge in [0.2, 0.25) is 0 Å². The van der Waals surface area contributed by atoms with E-state index in [-0.39, 0.29) is 5.41 Å². The third-order valence-corrected chi connectivity index (χ3v) is 2.71. The predicted octanol–water partition coefficient (Wildman–Crippen LogP) is 0.710. The van der Waals surface area contributed by atoms with Crippen LogP contribution in [0.1, 0.15) is 26.7 Å². The van der Waals surface area contributed by atoms with Crippen LogP contribution in [0.15, 0.2) is 0 Å². The van der Waals surface area contributed by atoms with Gasteiger partial charge in [0, 0.05) is 5.41 Å². The van der Waals surface area contributed by atoms with Crippen molar-refractivity contribution in [3.8, 4) is 0 Å². The van der Waals surface area contributed by atoms with Crippen LogP contribution in [0, 0.1) is 5.41 Å². The zero-order chi connectivity index (χ0) is 8.48. The largest absolute Gasteiger partial charge is 0.463 e. The molecule has 64 valence electrons. The monoisotopic (exact) mass is 158 g/mol. The highest BCUT2D eigenvalue weighted by Gasteiger charge is 2.46. The molecule has 0 bridgehead atoms. The zero-order valence-electron chi connectivity index (χ0n) is 6.96. The number of aliphatic hydroxyl groups is 1. The third kappa shape index (κ3) is 1.13. The molecular formula is C8H14O3. The Kier molecular flexibility index (Phi) is 2.18. The molecule has 3 heteroatoms. The Balaban J connectivity index is 2.77. The van der Waals surface area contributed by atoms with Crippen molar-refractivity contribution in [1.82, 2.24) is 0 Å². The normalized spacial score (nSPS) is 28.6. The molecule has 0 amide bonds. The summed E-state index contributed by atoms with van der Waals surface area (Å²) in [4.78, 5) is 10.8. The summed E-state index contributed by atoms with van der Waals surface area (Å²) < 4.78 is 4.77. The topological polar surface area (TPSA) is 46.5 Å². The number of cyclic esters (lactones) is 1. The van der Waals surface area contributed by atoms with Crippen molar-refractivity contribution in [3.05, 3.63) is 0 Å². The summed E-state index contributed by atoms with van der Waals surface area (Å²) in [5.41, 5.74) is -0.308. The number of esters is 1. The number of carbonyl (C=O) groups is 1. The first-order valence-electron chi connectivity index (χ1n) is 4.01. The van der Waals surface area contributed by atoms with E-state index in [2.05, 4.69) is 0 Å². The molecule has 1 rings (SSSR count). The summed E-state index contributed by atoms with van der Waals surface area (Å²) in [7, 11) is 0. The quantitative estimate of drug-likeness (QED) is 0.602. The van der Waals surface area contributed by atoms with Gasteiger partial charge in [0.05, 0.1) is 0 Å². The molecule has 1 atom stereocenters. The number of hydrogen-bond donors (Lipinski definition) is 1. The third-order valence-electron chi connectivity index (χ3n) is 2.71. The molecule has 1 fully saturated rings. The van der Waals surface area contributed by atoms with E-state index in [4.69, 9.17) is 4.74 Å². The molecule has 1 aliphatic heterocycles. The van der Waals surface area contributed by atoms with Gasteiger partial charge in [0.25, 0.3) is 0 Å². The van der Waals surface area contributed by atoms with Crippen molar-refractivity contribution in [2.24, 2.45) is 5.41 Å². The maximum atomic E-state index is 10.8. The molecule has 3 nitrogen and oxygen atoms in total. The Morgan fingerprint density at radius 3 is 2.36 bits per heavy atom. The Morgan fingerprint density at radius 1 is 1.64 bits per heavy atom. The SMILES string of the molecule is CCC1(CC)COC(=O)[C@@H]1O. The average molecular weight is 158 g/mol. The number of hydrogen-bond acceptors (Lipinski definition) is 3. The molecule has 1 heterocycles. The lowest BCUT2D eigenvalue weighted by molar-refractivity contribution is -0.145. The van der Waals surface area contributed by atoms with Crippen LogP contribution in [-0.2, 0) is 9.53 Å². The molecule has 11 heavy (non-hydrogen) atoms. The van der Waals surface area contributed by atoms with Crippen molar-refractivity contribution >= 4 is 5.97 Å². The molecule has 1 saturated heterocycles. The van der Waals surface area contributed by atoms with Crippen LogP contribution in [-0.4, -0.2) is 23.8 Å². The van der Waals surface area contributed by atoms with Crippen molar-refractivity contribution < 1.29 is 14.6 Å². The first-order chi connectivity index (χ1) is 5.16. The minimum Gasteiger partial charge on any atom is -0.463 e. The van der Waals surface area contributed by atoms with Gasteiger partial charge >= 0.3 is 5.97 Å². The lowest BCUT2D eigenvalue weighted by Crippen LogP contribution is -2.34. The van der Waals surface area contributed by atoms with Gasteiger partial charge in [-0.15, -0.1) is 0 Å². The van der Waals surface area contributed by atoms with Crippen molar-refractivity contribution in [2.45, 2.75) is 32.8 Å². The van der Waals surface area contributed by atoms with E-state index in [1.165, 1.54) is 0 Å². The van der Waals surface area contributed by atoms with Crippen molar-refractivity contribution in [1.29, 1.82) is 0 Å². The van der Waals surface area contributed by atoms with Gasteiger partial charge in [-0.2, -0.15) is 0 Å². The second-order valence-electron chi connectivity index (χ2n) is 3.08. The van der Waals surface area contributed by atoms with Gasteiger partial charge < -0.3 is 9.84 Å². The van der Waals surface area contributed by atoms with Gasteiger partial charge in [-0.05, 0) is 12.8 Å². The second-order valence-corrected chi connectivity index (χ2v) is 3.08. The molecule has 0 spiro atoms. The molecule has 0 aromatic heterocycles. The number of rotatable bonds is 2. The van der Waals surface area contributed by atoms with E-state index in [0.717, 1.165) is 12.8 Å². The molecule has 0 aliphatic carbocycles. The van der Waals surface area contributed by atoms with Gasteiger partial charge in [-0.1, -0.05) is 13.8 Å². The molecule has 1 aliphatic rings. The lowest BCUT2D eigenvalue weighted by Gasteiger charge is -2.25. The lowest BCUT2D eigenvalue weighted by atomic mass is 9.79. The number of carbonyl (C=O) groups excluding carboxylic acids is 1. The van der Waals surface area contributed by atoms with Crippen LogP contribution < -0.4 is 0 Å². The first kappa shape index (κ1) is 8.53. The average Bonchev–Trinajstić information content (AvgIpc) is 2.32. The van der Waals surface area contributed by atoms with Crippen molar-refractivity contribution in [2.75, 3.05) is 6.61 Å². The summed E-state index contributed by atoms with van der Waals surface area (Å²) in [5, 5.41) is 9.43. The summed E-state index contributed by atoms with van der Waals surface area (Å²) in [6.45, 7) is 4.31. The Hall–Kier alpha value is -0.570. The van der Waals surface area contributed by atoms with Gasteiger partial charge in [0.15, 0.2) is 6.10 Å². The first-order valence-corrected chi connectivity index (χ1v) is 4.01. The maximum absolute atomic E-state index is 10.8. The minimum absolute atomic E-state index is 0.308. The Bertz CT molecular complexity index is 161. The van der Waals surface area contributed by atoms with Crippen LogP contribution in [0.5, 0.6) is 0 Å². The fraction of sp³-hybridized carbons (Fsp3) is 0.875. The van der Waals surface area contributed by atoms with Gasteiger partial charge in [-0.3, -0.25) is 0 Å². The van der Waals surface area contributed by atoms with E-state index < -0.39 is 12.1 Å². The number of aliphatic hydroxyl groups excluding tert-OH is 1.